The van der Waals surface area contributed by atoms with E-state index in [1.165, 1.54) is 0 Å². The summed E-state index contributed by atoms with van der Waals surface area (Å²) in [7, 11) is 0. The Morgan fingerprint density at radius 2 is 1.73 bits per heavy atom. The highest BCUT2D eigenvalue weighted by molar-refractivity contribution is 5.20. The molecular formula is C9H11O2. The number of hydrogen-bond acceptors (Lipinski definition) is 1. The van der Waals surface area contributed by atoms with E-state index in [0.717, 1.165) is 5.56 Å². The molecule has 1 rings (SSSR count). The first-order chi connectivity index (χ1) is 5.17. The largest absolute Gasteiger partial charge is 0.193 e. The lowest BCUT2D eigenvalue weighted by molar-refractivity contribution is -0.370. The molecule has 0 amide bonds. The van der Waals surface area contributed by atoms with Crippen LogP contribution in [0.3, 0.4) is 0 Å². The molecule has 2 heteroatoms. The maximum Gasteiger partial charge on any atom is 0.126 e. The van der Waals surface area contributed by atoms with Gasteiger partial charge in [-0.05, 0) is 24.7 Å². The number of hydrogen-bond donors (Lipinski definition) is 0. The molecule has 0 saturated heterocycles. The zero-order valence-corrected chi connectivity index (χ0v) is 6.70. The Bertz CT molecular complexity index is 216. The van der Waals surface area contributed by atoms with E-state index in [4.69, 9.17) is 0 Å². The van der Waals surface area contributed by atoms with Gasteiger partial charge >= 0.3 is 0 Å². The molecule has 0 aliphatic carbocycles. The molecule has 1 radical (unpaired) electrons. The molecule has 59 valence electrons. The molecule has 0 N–H and O–H groups in total. The van der Waals surface area contributed by atoms with Crippen molar-refractivity contribution in [3.05, 3.63) is 35.9 Å². The predicted octanol–water partition coefficient (Wildman–Crippen LogP) is 2.28. The van der Waals surface area contributed by atoms with Crippen LogP contribution in [-0.4, -0.2) is 0 Å². The van der Waals surface area contributed by atoms with E-state index in [2.05, 4.69) is 4.89 Å². The molecule has 1 aromatic rings. The van der Waals surface area contributed by atoms with Crippen LogP contribution in [0.2, 0.25) is 0 Å². The topological polar surface area (TPSA) is 29.1 Å². The second-order valence-electron chi connectivity index (χ2n) is 2.96. The van der Waals surface area contributed by atoms with Crippen LogP contribution in [0.1, 0.15) is 19.4 Å². The van der Waals surface area contributed by atoms with E-state index in [1.807, 2.05) is 30.3 Å². The van der Waals surface area contributed by atoms with Gasteiger partial charge in [-0.2, -0.15) is 4.89 Å². The number of rotatable bonds is 2. The SMILES string of the molecule is CC(C)(O[O])c1ccccc1. The molecule has 2 nitrogen and oxygen atoms in total. The lowest BCUT2D eigenvalue weighted by Crippen LogP contribution is -2.18. The summed E-state index contributed by atoms with van der Waals surface area (Å²) in [5.74, 6) is 0. The summed E-state index contributed by atoms with van der Waals surface area (Å²) >= 11 is 0. The van der Waals surface area contributed by atoms with Gasteiger partial charge in [-0.15, -0.1) is 0 Å². The van der Waals surface area contributed by atoms with Crippen LogP contribution in [0, 0.1) is 0 Å². The van der Waals surface area contributed by atoms with Gasteiger partial charge in [0.1, 0.15) is 5.60 Å². The van der Waals surface area contributed by atoms with Gasteiger partial charge in [-0.3, -0.25) is 0 Å². The van der Waals surface area contributed by atoms with Crippen molar-refractivity contribution in [1.82, 2.24) is 0 Å². The van der Waals surface area contributed by atoms with Crippen LogP contribution in [0.25, 0.3) is 0 Å². The molecular weight excluding hydrogens is 140 g/mol. The molecule has 0 aliphatic heterocycles. The van der Waals surface area contributed by atoms with Crippen molar-refractivity contribution >= 4 is 0 Å². The fourth-order valence-corrected chi connectivity index (χ4v) is 0.888. The zero-order chi connectivity index (χ0) is 8.32. The van der Waals surface area contributed by atoms with Gasteiger partial charge in [0.2, 0.25) is 0 Å². The Labute approximate surface area is 66.4 Å². The summed E-state index contributed by atoms with van der Waals surface area (Å²) in [5, 5.41) is 10.3. The van der Waals surface area contributed by atoms with Crippen molar-refractivity contribution in [3.8, 4) is 0 Å². The van der Waals surface area contributed by atoms with Gasteiger partial charge in [0, 0.05) is 0 Å². The van der Waals surface area contributed by atoms with Crippen molar-refractivity contribution < 1.29 is 10.1 Å². The second-order valence-corrected chi connectivity index (χ2v) is 2.96. The van der Waals surface area contributed by atoms with Crippen molar-refractivity contribution in [2.24, 2.45) is 0 Å². The Balaban J connectivity index is 2.93. The Morgan fingerprint density at radius 3 is 2.18 bits per heavy atom. The van der Waals surface area contributed by atoms with Crippen molar-refractivity contribution in [2.45, 2.75) is 19.4 Å². The van der Waals surface area contributed by atoms with Gasteiger partial charge in [-0.25, -0.2) is 0 Å². The second kappa shape index (κ2) is 3.03. The third kappa shape index (κ3) is 1.79. The average molecular weight is 151 g/mol. The zero-order valence-electron chi connectivity index (χ0n) is 6.70. The first-order valence-electron chi connectivity index (χ1n) is 3.53. The van der Waals surface area contributed by atoms with Crippen LogP contribution in [0.15, 0.2) is 30.3 Å². The number of benzene rings is 1. The third-order valence-electron chi connectivity index (χ3n) is 1.68. The minimum atomic E-state index is -0.721. The first kappa shape index (κ1) is 8.24. The molecule has 11 heavy (non-hydrogen) atoms. The molecule has 0 aliphatic rings. The molecule has 0 saturated carbocycles. The van der Waals surface area contributed by atoms with Crippen molar-refractivity contribution in [1.29, 1.82) is 0 Å². The van der Waals surface area contributed by atoms with E-state index in [1.54, 1.807) is 13.8 Å². The molecule has 0 spiro atoms. The van der Waals surface area contributed by atoms with Crippen LogP contribution in [-0.2, 0) is 15.7 Å². The highest BCUT2D eigenvalue weighted by Crippen LogP contribution is 2.22. The standard InChI is InChI=1S/C9H11O2/c1-9(2,11-10)8-6-4-3-5-7-8/h3-7H,1-2H3. The average Bonchev–Trinajstić information content (AvgIpc) is 2.06. The molecule has 0 atom stereocenters. The van der Waals surface area contributed by atoms with Crippen LogP contribution < -0.4 is 0 Å². The molecule has 0 aromatic heterocycles. The van der Waals surface area contributed by atoms with E-state index in [0.29, 0.717) is 0 Å². The fraction of sp³-hybridized carbons (Fsp3) is 0.333. The van der Waals surface area contributed by atoms with E-state index in [-0.39, 0.29) is 0 Å². The Kier molecular flexibility index (Phi) is 2.27. The summed E-state index contributed by atoms with van der Waals surface area (Å²) in [5.41, 5.74) is 0.177. The maximum atomic E-state index is 10.3. The van der Waals surface area contributed by atoms with Crippen molar-refractivity contribution in [2.75, 3.05) is 0 Å². The maximum absolute atomic E-state index is 10.3. The molecule has 0 heterocycles. The normalized spacial score (nSPS) is 11.5. The predicted molar refractivity (Wildman–Crippen MR) is 41.2 cm³/mol. The third-order valence-corrected chi connectivity index (χ3v) is 1.68. The summed E-state index contributed by atoms with van der Waals surface area (Å²) in [4.78, 5) is 4.07. The van der Waals surface area contributed by atoms with Gasteiger partial charge in [0.05, 0.1) is 0 Å². The Morgan fingerprint density at radius 1 is 1.18 bits per heavy atom. The summed E-state index contributed by atoms with van der Waals surface area (Å²) < 4.78 is 0. The molecule has 1 aromatic carbocycles. The highest BCUT2D eigenvalue weighted by Gasteiger charge is 2.21. The summed E-state index contributed by atoms with van der Waals surface area (Å²) in [6, 6.07) is 9.42. The minimum absolute atomic E-state index is 0.721. The Hall–Kier alpha value is -0.860. The lowest BCUT2D eigenvalue weighted by Gasteiger charge is -2.18. The van der Waals surface area contributed by atoms with E-state index in [9.17, 15) is 5.26 Å². The van der Waals surface area contributed by atoms with Gasteiger partial charge in [0.15, 0.2) is 0 Å². The quantitative estimate of drug-likeness (QED) is 0.471. The molecule has 0 fully saturated rings. The first-order valence-corrected chi connectivity index (χ1v) is 3.53. The smallest absolute Gasteiger partial charge is 0.126 e. The monoisotopic (exact) mass is 151 g/mol. The van der Waals surface area contributed by atoms with E-state index >= 15 is 0 Å². The molecule has 0 bridgehead atoms. The van der Waals surface area contributed by atoms with Crippen LogP contribution in [0.4, 0.5) is 0 Å². The summed E-state index contributed by atoms with van der Waals surface area (Å²) in [6.45, 7) is 3.49. The highest BCUT2D eigenvalue weighted by atomic mass is 17.1. The lowest BCUT2D eigenvalue weighted by atomic mass is 9.99. The van der Waals surface area contributed by atoms with Crippen LogP contribution in [0.5, 0.6) is 0 Å². The van der Waals surface area contributed by atoms with Gasteiger partial charge < -0.3 is 0 Å². The van der Waals surface area contributed by atoms with Gasteiger partial charge in [-0.1, -0.05) is 30.3 Å². The van der Waals surface area contributed by atoms with Gasteiger partial charge in [0.25, 0.3) is 0 Å². The van der Waals surface area contributed by atoms with Crippen molar-refractivity contribution in [3.63, 3.8) is 0 Å². The van der Waals surface area contributed by atoms with E-state index < -0.39 is 5.60 Å². The summed E-state index contributed by atoms with van der Waals surface area (Å²) in [6.07, 6.45) is 0. The fourth-order valence-electron chi connectivity index (χ4n) is 0.888. The van der Waals surface area contributed by atoms with Crippen LogP contribution >= 0.6 is 0 Å². The molecule has 0 unspecified atom stereocenters. The minimum Gasteiger partial charge on any atom is -0.193 e.